The Bertz CT molecular complexity index is 676. The van der Waals surface area contributed by atoms with Crippen LogP contribution in [-0.2, 0) is 4.79 Å². The molecule has 1 saturated carbocycles. The minimum atomic E-state index is -0.527. The van der Waals surface area contributed by atoms with Gasteiger partial charge in [-0.2, -0.15) is 0 Å². The number of nitrogens with two attached hydrogens (primary N) is 1. The molecular weight excluding hydrogens is 280 g/mol. The number of carbonyl (C=O) groups is 1. The van der Waals surface area contributed by atoms with E-state index in [0.29, 0.717) is 11.7 Å². The lowest BCUT2D eigenvalue weighted by molar-refractivity contribution is -0.118. The number of amides is 1. The molecule has 0 aliphatic heterocycles. The second-order valence-corrected chi connectivity index (χ2v) is 6.02. The first-order chi connectivity index (χ1) is 10.6. The van der Waals surface area contributed by atoms with Crippen molar-refractivity contribution in [3.05, 3.63) is 24.3 Å². The SMILES string of the molecule is CC(C)[C@H](N)C(=O)Nc1cccc(-c2nnnn2C2CC2)c1. The number of aromatic nitrogens is 4. The van der Waals surface area contributed by atoms with Crippen LogP contribution in [0.4, 0.5) is 5.69 Å². The Balaban J connectivity index is 1.81. The van der Waals surface area contributed by atoms with E-state index in [-0.39, 0.29) is 11.8 Å². The van der Waals surface area contributed by atoms with Crippen molar-refractivity contribution >= 4 is 11.6 Å². The third kappa shape index (κ3) is 2.99. The average molecular weight is 300 g/mol. The van der Waals surface area contributed by atoms with Gasteiger partial charge in [-0.3, -0.25) is 4.79 Å². The second kappa shape index (κ2) is 5.84. The van der Waals surface area contributed by atoms with Gasteiger partial charge < -0.3 is 11.1 Å². The lowest BCUT2D eigenvalue weighted by Crippen LogP contribution is -2.39. The zero-order valence-electron chi connectivity index (χ0n) is 12.7. The van der Waals surface area contributed by atoms with Gasteiger partial charge in [0.2, 0.25) is 5.91 Å². The van der Waals surface area contributed by atoms with Crippen LogP contribution < -0.4 is 11.1 Å². The van der Waals surface area contributed by atoms with Crippen molar-refractivity contribution in [1.29, 1.82) is 0 Å². The van der Waals surface area contributed by atoms with Crippen LogP contribution in [0.3, 0.4) is 0 Å². The van der Waals surface area contributed by atoms with E-state index in [2.05, 4.69) is 20.8 Å². The van der Waals surface area contributed by atoms with Crippen LogP contribution in [-0.4, -0.2) is 32.2 Å². The van der Waals surface area contributed by atoms with Crippen molar-refractivity contribution in [1.82, 2.24) is 20.2 Å². The first-order valence-corrected chi connectivity index (χ1v) is 7.51. The number of carbonyl (C=O) groups excluding carboxylic acids is 1. The Labute approximate surface area is 128 Å². The van der Waals surface area contributed by atoms with Gasteiger partial charge in [-0.05, 0) is 41.3 Å². The number of rotatable bonds is 5. The Morgan fingerprint density at radius 1 is 1.41 bits per heavy atom. The van der Waals surface area contributed by atoms with Crippen molar-refractivity contribution in [2.75, 3.05) is 5.32 Å². The largest absolute Gasteiger partial charge is 0.325 e. The van der Waals surface area contributed by atoms with Crippen LogP contribution in [0.25, 0.3) is 11.4 Å². The molecule has 0 unspecified atom stereocenters. The fourth-order valence-electron chi connectivity index (χ4n) is 2.21. The van der Waals surface area contributed by atoms with E-state index in [0.717, 1.165) is 24.2 Å². The summed E-state index contributed by atoms with van der Waals surface area (Å²) in [7, 11) is 0. The lowest BCUT2D eigenvalue weighted by Gasteiger charge is -2.15. The van der Waals surface area contributed by atoms with Crippen molar-refractivity contribution in [2.24, 2.45) is 11.7 Å². The molecule has 0 spiro atoms. The van der Waals surface area contributed by atoms with Gasteiger partial charge in [-0.15, -0.1) is 5.10 Å². The third-order valence-electron chi connectivity index (χ3n) is 3.79. The molecule has 1 heterocycles. The standard InChI is InChI=1S/C15H20N6O/c1-9(2)13(16)15(22)17-11-5-3-4-10(8-11)14-18-19-20-21(14)12-6-7-12/h3-5,8-9,12-13H,6-7,16H2,1-2H3,(H,17,22)/t13-/m0/s1. The number of hydrogen-bond acceptors (Lipinski definition) is 5. The highest BCUT2D eigenvalue weighted by molar-refractivity contribution is 5.95. The number of hydrogen-bond donors (Lipinski definition) is 2. The molecule has 0 radical (unpaired) electrons. The molecule has 1 aliphatic rings. The molecule has 22 heavy (non-hydrogen) atoms. The number of nitrogens with zero attached hydrogens (tertiary/aromatic N) is 4. The molecule has 1 amide bonds. The molecule has 7 nitrogen and oxygen atoms in total. The first-order valence-electron chi connectivity index (χ1n) is 7.51. The van der Waals surface area contributed by atoms with E-state index in [1.54, 1.807) is 0 Å². The fraction of sp³-hybridized carbons (Fsp3) is 0.467. The van der Waals surface area contributed by atoms with Crippen molar-refractivity contribution in [2.45, 2.75) is 38.8 Å². The molecule has 0 saturated heterocycles. The summed E-state index contributed by atoms with van der Waals surface area (Å²) in [5, 5.41) is 14.7. The Morgan fingerprint density at radius 3 is 2.86 bits per heavy atom. The highest BCUT2D eigenvalue weighted by Crippen LogP contribution is 2.36. The topological polar surface area (TPSA) is 98.7 Å². The maximum atomic E-state index is 12.1. The van der Waals surface area contributed by atoms with Crippen LogP contribution >= 0.6 is 0 Å². The molecule has 1 aromatic carbocycles. The van der Waals surface area contributed by atoms with E-state index >= 15 is 0 Å². The average Bonchev–Trinajstić information content (AvgIpc) is 3.23. The molecule has 3 N–H and O–H groups in total. The monoisotopic (exact) mass is 300 g/mol. The van der Waals surface area contributed by atoms with Gasteiger partial charge in [-0.25, -0.2) is 4.68 Å². The van der Waals surface area contributed by atoms with E-state index in [9.17, 15) is 4.79 Å². The van der Waals surface area contributed by atoms with Gasteiger partial charge in [-0.1, -0.05) is 26.0 Å². The van der Waals surface area contributed by atoms with Gasteiger partial charge in [0, 0.05) is 11.3 Å². The molecule has 1 atom stereocenters. The fourth-order valence-corrected chi connectivity index (χ4v) is 2.21. The zero-order valence-corrected chi connectivity index (χ0v) is 12.7. The lowest BCUT2D eigenvalue weighted by atomic mass is 10.0. The van der Waals surface area contributed by atoms with Crippen LogP contribution in [0.5, 0.6) is 0 Å². The minimum Gasteiger partial charge on any atom is -0.325 e. The van der Waals surface area contributed by atoms with E-state index in [1.165, 1.54) is 0 Å². The second-order valence-electron chi connectivity index (χ2n) is 6.02. The molecule has 116 valence electrons. The van der Waals surface area contributed by atoms with Crippen molar-refractivity contribution in [3.8, 4) is 11.4 Å². The molecule has 1 fully saturated rings. The minimum absolute atomic E-state index is 0.0883. The van der Waals surface area contributed by atoms with Gasteiger partial charge in [0.15, 0.2) is 5.82 Å². The highest BCUT2D eigenvalue weighted by atomic mass is 16.2. The number of tetrazole rings is 1. The predicted octanol–water partition coefficient (Wildman–Crippen LogP) is 1.60. The Hall–Kier alpha value is -2.28. The summed E-state index contributed by atoms with van der Waals surface area (Å²) in [6, 6.07) is 7.38. The third-order valence-corrected chi connectivity index (χ3v) is 3.79. The maximum Gasteiger partial charge on any atom is 0.241 e. The quantitative estimate of drug-likeness (QED) is 0.873. The summed E-state index contributed by atoms with van der Waals surface area (Å²) in [6.45, 7) is 3.84. The first kappa shape index (κ1) is 14.6. The summed E-state index contributed by atoms with van der Waals surface area (Å²) in [6.07, 6.45) is 2.22. The molecule has 2 aromatic rings. The Kier molecular flexibility index (Phi) is 3.89. The van der Waals surface area contributed by atoms with E-state index in [1.807, 2.05) is 42.8 Å². The van der Waals surface area contributed by atoms with Gasteiger partial charge in [0.25, 0.3) is 0 Å². The summed E-state index contributed by atoms with van der Waals surface area (Å²) < 4.78 is 1.85. The Morgan fingerprint density at radius 2 is 2.18 bits per heavy atom. The molecule has 3 rings (SSSR count). The van der Waals surface area contributed by atoms with Crippen LogP contribution in [0, 0.1) is 5.92 Å². The highest BCUT2D eigenvalue weighted by Gasteiger charge is 2.28. The molecule has 0 bridgehead atoms. The number of nitrogens with one attached hydrogen (secondary N) is 1. The maximum absolute atomic E-state index is 12.1. The van der Waals surface area contributed by atoms with Crippen LogP contribution in [0.15, 0.2) is 24.3 Å². The predicted molar refractivity (Wildman–Crippen MR) is 83.0 cm³/mol. The van der Waals surface area contributed by atoms with Gasteiger partial charge in [0.1, 0.15) is 0 Å². The number of anilines is 1. The zero-order chi connectivity index (χ0) is 15.7. The number of benzene rings is 1. The van der Waals surface area contributed by atoms with Crippen LogP contribution in [0.2, 0.25) is 0 Å². The molecule has 1 aliphatic carbocycles. The normalized spacial score (nSPS) is 15.8. The molecule has 7 heteroatoms. The van der Waals surface area contributed by atoms with Crippen molar-refractivity contribution < 1.29 is 4.79 Å². The smallest absolute Gasteiger partial charge is 0.241 e. The van der Waals surface area contributed by atoms with E-state index in [4.69, 9.17) is 5.73 Å². The summed E-state index contributed by atoms with van der Waals surface area (Å²) in [4.78, 5) is 12.1. The van der Waals surface area contributed by atoms with Crippen molar-refractivity contribution in [3.63, 3.8) is 0 Å². The van der Waals surface area contributed by atoms with Gasteiger partial charge in [0.05, 0.1) is 12.1 Å². The van der Waals surface area contributed by atoms with Gasteiger partial charge >= 0.3 is 0 Å². The van der Waals surface area contributed by atoms with Crippen LogP contribution in [0.1, 0.15) is 32.7 Å². The molecule has 1 aromatic heterocycles. The van der Waals surface area contributed by atoms with E-state index < -0.39 is 6.04 Å². The summed E-state index contributed by atoms with van der Waals surface area (Å²) >= 11 is 0. The molecular formula is C15H20N6O. The summed E-state index contributed by atoms with van der Waals surface area (Å²) in [5.74, 6) is 0.631. The summed E-state index contributed by atoms with van der Waals surface area (Å²) in [5.41, 5.74) is 7.44.